The second kappa shape index (κ2) is 4.97. The molecule has 2 aliphatic rings. The molecule has 1 N–H and O–H groups in total. The van der Waals surface area contributed by atoms with Gasteiger partial charge in [-0.2, -0.15) is 0 Å². The van der Waals surface area contributed by atoms with E-state index in [4.69, 9.17) is 0 Å². The fraction of sp³-hybridized carbons (Fsp3) is 0.917. The average Bonchev–Trinajstić information content (AvgIpc) is 2.86. The molecule has 0 aromatic rings. The number of hydrogen-bond acceptors (Lipinski definition) is 2. The number of nitrogens with one attached hydrogen (secondary N) is 1. The lowest BCUT2D eigenvalue weighted by Crippen LogP contribution is -2.38. The Kier molecular flexibility index (Phi) is 3.62. The first-order valence-corrected chi connectivity index (χ1v) is 6.34. The summed E-state index contributed by atoms with van der Waals surface area (Å²) in [5, 5.41) is 3.40. The van der Waals surface area contributed by atoms with Gasteiger partial charge in [0.25, 0.3) is 0 Å². The van der Waals surface area contributed by atoms with Gasteiger partial charge in [0.1, 0.15) is 0 Å². The maximum atomic E-state index is 12.1. The molecule has 1 amide bonds. The molecule has 2 rings (SSSR count). The van der Waals surface area contributed by atoms with Crippen molar-refractivity contribution in [3.63, 3.8) is 0 Å². The lowest BCUT2D eigenvalue weighted by atomic mass is 10.1. The normalized spacial score (nSPS) is 31.1. The van der Waals surface area contributed by atoms with E-state index in [9.17, 15) is 4.79 Å². The molecule has 15 heavy (non-hydrogen) atoms. The van der Waals surface area contributed by atoms with Crippen molar-refractivity contribution < 1.29 is 4.79 Å². The molecule has 2 aliphatic heterocycles. The Morgan fingerprint density at radius 3 is 2.93 bits per heavy atom. The molecule has 2 fully saturated rings. The number of carbonyl (C=O) groups is 1. The van der Waals surface area contributed by atoms with Crippen LogP contribution in [0.3, 0.4) is 0 Å². The van der Waals surface area contributed by atoms with Gasteiger partial charge in [-0.1, -0.05) is 6.92 Å². The smallest absolute Gasteiger partial charge is 0.224 e. The largest absolute Gasteiger partial charge is 0.340 e. The summed E-state index contributed by atoms with van der Waals surface area (Å²) in [6.45, 7) is 4.27. The van der Waals surface area contributed by atoms with Crippen LogP contribution in [0.15, 0.2) is 0 Å². The molecule has 2 atom stereocenters. The van der Waals surface area contributed by atoms with E-state index in [2.05, 4.69) is 17.1 Å². The Morgan fingerprint density at radius 1 is 1.40 bits per heavy atom. The lowest BCUT2D eigenvalue weighted by molar-refractivity contribution is -0.132. The molecule has 3 heteroatoms. The lowest BCUT2D eigenvalue weighted by Gasteiger charge is -2.25. The quantitative estimate of drug-likeness (QED) is 0.766. The van der Waals surface area contributed by atoms with E-state index in [0.29, 0.717) is 18.0 Å². The van der Waals surface area contributed by atoms with Gasteiger partial charge < -0.3 is 10.2 Å². The zero-order chi connectivity index (χ0) is 10.7. The molecule has 0 radical (unpaired) electrons. The molecule has 2 saturated heterocycles. The highest BCUT2D eigenvalue weighted by atomic mass is 16.2. The second-order valence-corrected chi connectivity index (χ2v) is 4.79. The minimum atomic E-state index is 0.374. The van der Waals surface area contributed by atoms with Crippen molar-refractivity contribution in [2.45, 2.75) is 57.5 Å². The van der Waals surface area contributed by atoms with Crippen molar-refractivity contribution in [2.75, 3.05) is 13.1 Å². The summed E-state index contributed by atoms with van der Waals surface area (Å²) >= 11 is 0. The van der Waals surface area contributed by atoms with Gasteiger partial charge in [-0.05, 0) is 38.6 Å². The van der Waals surface area contributed by atoms with Crippen LogP contribution in [0.4, 0.5) is 0 Å². The standard InChI is InChI=1S/C12H22N2O/c1-2-11-6-4-8-14(11)12(15)9-10-5-3-7-13-10/h10-11,13H,2-9H2,1H3. The van der Waals surface area contributed by atoms with Crippen LogP contribution in [-0.4, -0.2) is 36.0 Å². The highest BCUT2D eigenvalue weighted by molar-refractivity contribution is 5.77. The topological polar surface area (TPSA) is 32.3 Å². The summed E-state index contributed by atoms with van der Waals surface area (Å²) in [5.74, 6) is 0.374. The van der Waals surface area contributed by atoms with Gasteiger partial charge in [0.2, 0.25) is 5.91 Å². The van der Waals surface area contributed by atoms with E-state index < -0.39 is 0 Å². The van der Waals surface area contributed by atoms with Gasteiger partial charge in [0.15, 0.2) is 0 Å². The van der Waals surface area contributed by atoms with Gasteiger partial charge >= 0.3 is 0 Å². The Labute approximate surface area is 92.2 Å². The Hall–Kier alpha value is -0.570. The molecule has 2 heterocycles. The molecule has 0 aliphatic carbocycles. The molecule has 2 unspecified atom stereocenters. The summed E-state index contributed by atoms with van der Waals surface area (Å²) in [5.41, 5.74) is 0. The third kappa shape index (κ3) is 2.51. The fourth-order valence-corrected chi connectivity index (χ4v) is 2.85. The van der Waals surface area contributed by atoms with Crippen molar-refractivity contribution >= 4 is 5.91 Å². The Bertz CT molecular complexity index is 224. The van der Waals surface area contributed by atoms with Crippen molar-refractivity contribution in [1.82, 2.24) is 10.2 Å². The average molecular weight is 210 g/mol. The minimum absolute atomic E-state index is 0.374. The SMILES string of the molecule is CCC1CCCN1C(=O)CC1CCCN1. The Balaban J connectivity index is 1.83. The molecule has 0 spiro atoms. The number of nitrogens with zero attached hydrogens (tertiary/aromatic N) is 1. The van der Waals surface area contributed by atoms with E-state index in [1.54, 1.807) is 0 Å². The second-order valence-electron chi connectivity index (χ2n) is 4.79. The highest BCUT2D eigenvalue weighted by Crippen LogP contribution is 2.22. The van der Waals surface area contributed by atoms with Crippen LogP contribution in [0, 0.1) is 0 Å². The minimum Gasteiger partial charge on any atom is -0.340 e. The molecule has 0 aromatic carbocycles. The van der Waals surface area contributed by atoms with Crippen LogP contribution in [0.5, 0.6) is 0 Å². The third-order valence-electron chi connectivity index (χ3n) is 3.75. The van der Waals surface area contributed by atoms with Gasteiger partial charge in [0, 0.05) is 25.0 Å². The third-order valence-corrected chi connectivity index (χ3v) is 3.75. The van der Waals surface area contributed by atoms with Gasteiger partial charge in [0.05, 0.1) is 0 Å². The summed E-state index contributed by atoms with van der Waals surface area (Å²) in [4.78, 5) is 14.2. The van der Waals surface area contributed by atoms with Crippen LogP contribution in [-0.2, 0) is 4.79 Å². The summed E-state index contributed by atoms with van der Waals surface area (Å²) in [6.07, 6.45) is 6.65. The summed E-state index contributed by atoms with van der Waals surface area (Å²) < 4.78 is 0. The predicted molar refractivity (Wildman–Crippen MR) is 60.7 cm³/mol. The highest BCUT2D eigenvalue weighted by Gasteiger charge is 2.29. The van der Waals surface area contributed by atoms with Crippen molar-refractivity contribution in [3.05, 3.63) is 0 Å². The number of carbonyl (C=O) groups excluding carboxylic acids is 1. The number of amides is 1. The van der Waals surface area contributed by atoms with Crippen LogP contribution in [0.2, 0.25) is 0 Å². The molecule has 3 nitrogen and oxygen atoms in total. The van der Waals surface area contributed by atoms with Crippen LogP contribution < -0.4 is 5.32 Å². The van der Waals surface area contributed by atoms with E-state index in [0.717, 1.165) is 25.9 Å². The molecule has 0 saturated carbocycles. The maximum absolute atomic E-state index is 12.1. The molecular formula is C12H22N2O. The maximum Gasteiger partial charge on any atom is 0.224 e. The first-order chi connectivity index (χ1) is 7.31. The first-order valence-electron chi connectivity index (χ1n) is 6.34. The van der Waals surface area contributed by atoms with E-state index in [1.807, 2.05) is 0 Å². The summed E-state index contributed by atoms with van der Waals surface area (Å²) in [6, 6.07) is 0.981. The van der Waals surface area contributed by atoms with Gasteiger partial charge in [-0.3, -0.25) is 4.79 Å². The molecule has 0 bridgehead atoms. The van der Waals surface area contributed by atoms with Crippen molar-refractivity contribution in [1.29, 1.82) is 0 Å². The van der Waals surface area contributed by atoms with Crippen molar-refractivity contribution in [2.24, 2.45) is 0 Å². The van der Waals surface area contributed by atoms with E-state index >= 15 is 0 Å². The molecule has 86 valence electrons. The number of likely N-dealkylation sites (tertiary alicyclic amines) is 1. The van der Waals surface area contributed by atoms with E-state index in [1.165, 1.54) is 25.7 Å². The first kappa shape index (κ1) is 10.9. The summed E-state index contributed by atoms with van der Waals surface area (Å²) in [7, 11) is 0. The molecule has 0 aromatic heterocycles. The molecular weight excluding hydrogens is 188 g/mol. The fourth-order valence-electron chi connectivity index (χ4n) is 2.85. The van der Waals surface area contributed by atoms with E-state index in [-0.39, 0.29) is 0 Å². The number of rotatable bonds is 3. The van der Waals surface area contributed by atoms with Crippen LogP contribution >= 0.6 is 0 Å². The number of hydrogen-bond donors (Lipinski definition) is 1. The van der Waals surface area contributed by atoms with Crippen LogP contribution in [0.25, 0.3) is 0 Å². The van der Waals surface area contributed by atoms with Crippen molar-refractivity contribution in [3.8, 4) is 0 Å². The van der Waals surface area contributed by atoms with Gasteiger partial charge in [-0.25, -0.2) is 0 Å². The monoisotopic (exact) mass is 210 g/mol. The van der Waals surface area contributed by atoms with Gasteiger partial charge in [-0.15, -0.1) is 0 Å². The zero-order valence-corrected chi connectivity index (χ0v) is 9.67. The zero-order valence-electron chi connectivity index (χ0n) is 9.67. The Morgan fingerprint density at radius 2 is 2.27 bits per heavy atom. The van der Waals surface area contributed by atoms with Crippen LogP contribution in [0.1, 0.15) is 45.4 Å². The predicted octanol–water partition coefficient (Wildman–Crippen LogP) is 1.53.